The van der Waals surface area contributed by atoms with E-state index in [9.17, 15) is 4.79 Å². The molecule has 0 bridgehead atoms. The molecule has 0 atom stereocenters. The quantitative estimate of drug-likeness (QED) is 0.441. The van der Waals surface area contributed by atoms with E-state index in [2.05, 4.69) is 10.3 Å². The standard InChI is InChI=1S/C20H14Cl2N2O/c21-16-6-3-14(4-7-16)19(25)12-5-15-2-1-13-23-20(15)24-18-10-8-17(22)9-11-18/h1-13H,(H,23,24). The minimum absolute atomic E-state index is 0.0991. The molecule has 0 saturated carbocycles. The molecule has 0 aliphatic heterocycles. The topological polar surface area (TPSA) is 42.0 Å². The molecule has 0 radical (unpaired) electrons. The highest BCUT2D eigenvalue weighted by molar-refractivity contribution is 6.31. The van der Waals surface area contributed by atoms with Crippen LogP contribution >= 0.6 is 23.2 Å². The number of hydrogen-bond donors (Lipinski definition) is 1. The summed E-state index contributed by atoms with van der Waals surface area (Å²) in [6, 6.07) is 17.8. The minimum atomic E-state index is -0.0991. The zero-order valence-corrected chi connectivity index (χ0v) is 14.6. The number of nitrogens with zero attached hydrogens (tertiary/aromatic N) is 1. The molecule has 3 nitrogen and oxygen atoms in total. The Hall–Kier alpha value is -2.62. The van der Waals surface area contributed by atoms with Gasteiger partial charge in [-0.1, -0.05) is 23.2 Å². The van der Waals surface area contributed by atoms with Crippen LogP contribution in [0.1, 0.15) is 15.9 Å². The van der Waals surface area contributed by atoms with Crippen molar-refractivity contribution >= 4 is 46.6 Å². The number of allylic oxidation sites excluding steroid dienone is 1. The molecule has 3 aromatic rings. The second-order valence-electron chi connectivity index (χ2n) is 5.28. The fraction of sp³-hybridized carbons (Fsp3) is 0. The third-order valence-corrected chi connectivity index (χ3v) is 3.99. The van der Waals surface area contributed by atoms with E-state index in [0.717, 1.165) is 11.3 Å². The summed E-state index contributed by atoms with van der Waals surface area (Å²) >= 11 is 11.7. The van der Waals surface area contributed by atoms with Gasteiger partial charge in [-0.15, -0.1) is 0 Å². The van der Waals surface area contributed by atoms with Gasteiger partial charge in [0, 0.05) is 33.1 Å². The Kier molecular flexibility index (Phi) is 5.49. The molecule has 0 aliphatic carbocycles. The van der Waals surface area contributed by atoms with E-state index in [1.807, 2.05) is 24.3 Å². The van der Waals surface area contributed by atoms with Crippen molar-refractivity contribution in [3.8, 4) is 0 Å². The predicted molar refractivity (Wildman–Crippen MR) is 104 cm³/mol. The molecule has 1 N–H and O–H groups in total. The number of carbonyl (C=O) groups excluding carboxylic acids is 1. The van der Waals surface area contributed by atoms with Crippen LogP contribution in [0.2, 0.25) is 10.0 Å². The largest absolute Gasteiger partial charge is 0.340 e. The summed E-state index contributed by atoms with van der Waals surface area (Å²) in [5, 5.41) is 4.49. The fourth-order valence-corrected chi connectivity index (χ4v) is 2.45. The van der Waals surface area contributed by atoms with Crippen molar-refractivity contribution < 1.29 is 4.79 Å². The number of halogens is 2. The molecule has 1 aromatic heterocycles. The number of aromatic nitrogens is 1. The van der Waals surface area contributed by atoms with E-state index in [4.69, 9.17) is 23.2 Å². The van der Waals surface area contributed by atoms with Crippen LogP contribution in [-0.2, 0) is 0 Å². The fourth-order valence-electron chi connectivity index (χ4n) is 2.20. The van der Waals surface area contributed by atoms with Crippen molar-refractivity contribution in [3.63, 3.8) is 0 Å². The molecule has 0 unspecified atom stereocenters. The normalized spacial score (nSPS) is 10.8. The van der Waals surface area contributed by atoms with Crippen LogP contribution in [0, 0.1) is 0 Å². The van der Waals surface area contributed by atoms with Crippen LogP contribution in [0.25, 0.3) is 6.08 Å². The maximum Gasteiger partial charge on any atom is 0.185 e. The molecule has 25 heavy (non-hydrogen) atoms. The number of anilines is 2. The molecule has 5 heteroatoms. The zero-order chi connectivity index (χ0) is 17.6. The molecule has 124 valence electrons. The van der Waals surface area contributed by atoms with Gasteiger partial charge in [-0.3, -0.25) is 4.79 Å². The first kappa shape index (κ1) is 17.2. The lowest BCUT2D eigenvalue weighted by atomic mass is 10.1. The molecule has 0 aliphatic rings. The van der Waals surface area contributed by atoms with Crippen LogP contribution in [0.4, 0.5) is 11.5 Å². The first-order valence-electron chi connectivity index (χ1n) is 7.57. The van der Waals surface area contributed by atoms with E-state index < -0.39 is 0 Å². The van der Waals surface area contributed by atoms with E-state index >= 15 is 0 Å². The van der Waals surface area contributed by atoms with Gasteiger partial charge >= 0.3 is 0 Å². The van der Waals surface area contributed by atoms with Crippen molar-refractivity contribution in [1.82, 2.24) is 4.98 Å². The summed E-state index contributed by atoms with van der Waals surface area (Å²) < 4.78 is 0. The third-order valence-electron chi connectivity index (χ3n) is 3.49. The highest BCUT2D eigenvalue weighted by Crippen LogP contribution is 2.21. The van der Waals surface area contributed by atoms with Gasteiger partial charge in [-0.25, -0.2) is 4.98 Å². The van der Waals surface area contributed by atoms with Crippen molar-refractivity contribution in [2.45, 2.75) is 0 Å². The van der Waals surface area contributed by atoms with Crippen LogP contribution in [0.3, 0.4) is 0 Å². The molecular formula is C20H14Cl2N2O. The Balaban J connectivity index is 1.79. The predicted octanol–water partition coefficient (Wildman–Crippen LogP) is 6.03. The van der Waals surface area contributed by atoms with Crippen molar-refractivity contribution in [3.05, 3.63) is 94.1 Å². The minimum Gasteiger partial charge on any atom is -0.340 e. The Morgan fingerprint density at radius 2 is 1.56 bits per heavy atom. The molecule has 1 heterocycles. The summed E-state index contributed by atoms with van der Waals surface area (Å²) in [6.07, 6.45) is 4.95. The molecule has 2 aromatic carbocycles. The van der Waals surface area contributed by atoms with Crippen LogP contribution < -0.4 is 5.32 Å². The Morgan fingerprint density at radius 3 is 2.24 bits per heavy atom. The smallest absolute Gasteiger partial charge is 0.185 e. The maximum atomic E-state index is 12.3. The molecule has 0 saturated heterocycles. The lowest BCUT2D eigenvalue weighted by Crippen LogP contribution is -1.97. The number of nitrogens with one attached hydrogen (secondary N) is 1. The zero-order valence-electron chi connectivity index (χ0n) is 13.1. The molecule has 0 amide bonds. The van der Waals surface area contributed by atoms with E-state index in [1.165, 1.54) is 6.08 Å². The second kappa shape index (κ2) is 7.97. The van der Waals surface area contributed by atoms with Gasteiger partial charge in [-0.2, -0.15) is 0 Å². The number of rotatable bonds is 5. The van der Waals surface area contributed by atoms with Crippen molar-refractivity contribution in [2.75, 3.05) is 5.32 Å². The number of ketones is 1. The average Bonchev–Trinajstić information content (AvgIpc) is 2.63. The average molecular weight is 369 g/mol. The number of pyridine rings is 1. The van der Waals surface area contributed by atoms with Crippen LogP contribution in [0.15, 0.2) is 72.9 Å². The Morgan fingerprint density at radius 1 is 0.920 bits per heavy atom. The molecule has 0 fully saturated rings. The van der Waals surface area contributed by atoms with Gasteiger partial charge in [-0.05, 0) is 72.8 Å². The molecular weight excluding hydrogens is 355 g/mol. The van der Waals surface area contributed by atoms with E-state index in [-0.39, 0.29) is 5.78 Å². The second-order valence-corrected chi connectivity index (χ2v) is 6.15. The number of hydrogen-bond acceptors (Lipinski definition) is 3. The van der Waals surface area contributed by atoms with E-state index in [1.54, 1.807) is 48.7 Å². The summed E-state index contributed by atoms with van der Waals surface area (Å²) in [5.74, 6) is 0.558. The lowest BCUT2D eigenvalue weighted by molar-refractivity contribution is 0.104. The number of benzene rings is 2. The highest BCUT2D eigenvalue weighted by Gasteiger charge is 2.04. The van der Waals surface area contributed by atoms with Gasteiger partial charge in [0.2, 0.25) is 0 Å². The SMILES string of the molecule is O=C(C=Cc1cccnc1Nc1ccc(Cl)cc1)c1ccc(Cl)cc1. The maximum absolute atomic E-state index is 12.3. The highest BCUT2D eigenvalue weighted by atomic mass is 35.5. The Bertz CT molecular complexity index is 904. The van der Waals surface area contributed by atoms with Crippen molar-refractivity contribution in [2.24, 2.45) is 0 Å². The molecule has 3 rings (SSSR count). The van der Waals surface area contributed by atoms with Gasteiger partial charge in [0.1, 0.15) is 5.82 Å². The summed E-state index contributed by atoms with van der Waals surface area (Å²) in [4.78, 5) is 16.6. The van der Waals surface area contributed by atoms with Gasteiger partial charge in [0.15, 0.2) is 5.78 Å². The molecule has 0 spiro atoms. The first-order chi connectivity index (χ1) is 12.1. The third kappa shape index (κ3) is 4.69. The van der Waals surface area contributed by atoms with Gasteiger partial charge < -0.3 is 5.32 Å². The van der Waals surface area contributed by atoms with Crippen LogP contribution in [0.5, 0.6) is 0 Å². The van der Waals surface area contributed by atoms with Crippen molar-refractivity contribution in [1.29, 1.82) is 0 Å². The summed E-state index contributed by atoms with van der Waals surface area (Å²) in [7, 11) is 0. The summed E-state index contributed by atoms with van der Waals surface area (Å²) in [6.45, 7) is 0. The Labute approximate surface area is 155 Å². The monoisotopic (exact) mass is 368 g/mol. The van der Waals surface area contributed by atoms with Crippen LogP contribution in [-0.4, -0.2) is 10.8 Å². The first-order valence-corrected chi connectivity index (χ1v) is 8.33. The number of carbonyl (C=O) groups is 1. The summed E-state index contributed by atoms with van der Waals surface area (Å²) in [5.41, 5.74) is 2.25. The van der Waals surface area contributed by atoms with Gasteiger partial charge in [0.05, 0.1) is 0 Å². The van der Waals surface area contributed by atoms with E-state index in [0.29, 0.717) is 21.4 Å². The van der Waals surface area contributed by atoms with Gasteiger partial charge in [0.25, 0.3) is 0 Å². The lowest BCUT2D eigenvalue weighted by Gasteiger charge is -2.08.